The molecule has 1 rings (SSSR count). The van der Waals surface area contributed by atoms with E-state index in [0.717, 1.165) is 0 Å². The summed E-state index contributed by atoms with van der Waals surface area (Å²) in [5.41, 5.74) is 0.699. The van der Waals surface area contributed by atoms with E-state index in [0.29, 0.717) is 17.1 Å². The third kappa shape index (κ3) is 2.92. The molecule has 0 radical (unpaired) electrons. The number of benzene rings is 1. The van der Waals surface area contributed by atoms with Gasteiger partial charge in [0.1, 0.15) is 6.61 Å². The molecule has 0 saturated heterocycles. The number of terminal acetylenes is 1. The van der Waals surface area contributed by atoms with Crippen molar-refractivity contribution in [2.75, 3.05) is 13.7 Å². The van der Waals surface area contributed by atoms with Crippen LogP contribution in [-0.4, -0.2) is 25.1 Å². The summed E-state index contributed by atoms with van der Waals surface area (Å²) in [6, 6.07) is 5.13. The molecular weight excluding hydrogens is 194 g/mol. The molecule has 0 heterocycles. The van der Waals surface area contributed by atoms with Crippen LogP contribution < -0.4 is 9.47 Å². The van der Waals surface area contributed by atoms with Gasteiger partial charge in [0.2, 0.25) is 0 Å². The Morgan fingerprint density at radius 3 is 2.93 bits per heavy atom. The summed E-state index contributed by atoms with van der Waals surface area (Å²) in [5.74, 6) is 3.46. The van der Waals surface area contributed by atoms with Crippen molar-refractivity contribution in [3.05, 3.63) is 23.8 Å². The third-order valence-electron chi connectivity index (χ3n) is 1.71. The molecule has 0 spiro atoms. The van der Waals surface area contributed by atoms with Crippen LogP contribution in [0.3, 0.4) is 0 Å². The second kappa shape index (κ2) is 5.55. The summed E-state index contributed by atoms with van der Waals surface area (Å²) in [5, 5.41) is 11.3. The van der Waals surface area contributed by atoms with Crippen molar-refractivity contribution in [1.82, 2.24) is 0 Å². The molecule has 0 unspecified atom stereocenters. The van der Waals surface area contributed by atoms with Crippen molar-refractivity contribution < 1.29 is 14.7 Å². The molecule has 4 heteroatoms. The minimum atomic E-state index is 0.163. The number of nitrogens with zero attached hydrogens (tertiary/aromatic N) is 1. The van der Waals surface area contributed by atoms with Gasteiger partial charge in [0.25, 0.3) is 0 Å². The van der Waals surface area contributed by atoms with Gasteiger partial charge in [-0.2, -0.15) is 0 Å². The van der Waals surface area contributed by atoms with E-state index in [1.54, 1.807) is 18.2 Å². The predicted molar refractivity (Wildman–Crippen MR) is 56.7 cm³/mol. The fourth-order valence-electron chi connectivity index (χ4n) is 1.07. The molecule has 0 atom stereocenters. The number of rotatable bonds is 4. The smallest absolute Gasteiger partial charge is 0.163 e. The minimum absolute atomic E-state index is 0.163. The van der Waals surface area contributed by atoms with Crippen LogP contribution in [0.4, 0.5) is 0 Å². The van der Waals surface area contributed by atoms with Crippen LogP contribution in [0.15, 0.2) is 23.4 Å². The highest BCUT2D eigenvalue weighted by molar-refractivity contribution is 5.80. The quantitative estimate of drug-likeness (QED) is 0.351. The average molecular weight is 205 g/mol. The van der Waals surface area contributed by atoms with Crippen molar-refractivity contribution in [1.29, 1.82) is 0 Å². The molecule has 1 aromatic rings. The number of hydrogen-bond donors (Lipinski definition) is 1. The van der Waals surface area contributed by atoms with E-state index in [2.05, 4.69) is 11.1 Å². The van der Waals surface area contributed by atoms with Gasteiger partial charge in [-0.25, -0.2) is 0 Å². The van der Waals surface area contributed by atoms with Crippen LogP contribution in [0.2, 0.25) is 0 Å². The van der Waals surface area contributed by atoms with Gasteiger partial charge in [-0.05, 0) is 18.2 Å². The summed E-state index contributed by atoms with van der Waals surface area (Å²) in [7, 11) is 1.54. The Balaban J connectivity index is 2.97. The summed E-state index contributed by atoms with van der Waals surface area (Å²) in [6.07, 6.45) is 6.38. The Hall–Kier alpha value is -2.15. The SMILES string of the molecule is C#CCOc1cc(/C=N/O)ccc1OC. The molecule has 0 aliphatic rings. The number of hydrogen-bond acceptors (Lipinski definition) is 4. The largest absolute Gasteiger partial charge is 0.493 e. The minimum Gasteiger partial charge on any atom is -0.493 e. The fourth-order valence-corrected chi connectivity index (χ4v) is 1.07. The highest BCUT2D eigenvalue weighted by Crippen LogP contribution is 2.27. The Kier molecular flexibility index (Phi) is 4.05. The highest BCUT2D eigenvalue weighted by atomic mass is 16.5. The molecule has 1 aromatic carbocycles. The lowest BCUT2D eigenvalue weighted by Gasteiger charge is -2.08. The first-order chi connectivity index (χ1) is 7.31. The molecule has 15 heavy (non-hydrogen) atoms. The van der Waals surface area contributed by atoms with Crippen molar-refractivity contribution in [2.24, 2.45) is 5.16 Å². The number of methoxy groups -OCH3 is 1. The van der Waals surface area contributed by atoms with E-state index < -0.39 is 0 Å². The first-order valence-electron chi connectivity index (χ1n) is 4.23. The Morgan fingerprint density at radius 2 is 2.33 bits per heavy atom. The second-order valence-electron chi connectivity index (χ2n) is 2.65. The standard InChI is InChI=1S/C11H11NO3/c1-3-6-15-11-7-9(8-12-13)4-5-10(11)14-2/h1,4-5,7-8,13H,6H2,2H3/b12-8+. The molecule has 0 aliphatic carbocycles. The van der Waals surface area contributed by atoms with Gasteiger partial charge < -0.3 is 14.7 Å². The average Bonchev–Trinajstić information content (AvgIpc) is 2.27. The lowest BCUT2D eigenvalue weighted by atomic mass is 10.2. The van der Waals surface area contributed by atoms with Crippen LogP contribution in [0, 0.1) is 12.3 Å². The molecule has 0 aromatic heterocycles. The Labute approximate surface area is 88.1 Å². The number of oxime groups is 1. The molecular formula is C11H11NO3. The zero-order valence-corrected chi connectivity index (χ0v) is 8.30. The van der Waals surface area contributed by atoms with Crippen LogP contribution in [-0.2, 0) is 0 Å². The van der Waals surface area contributed by atoms with Gasteiger partial charge in [0.15, 0.2) is 11.5 Å². The lowest BCUT2D eigenvalue weighted by Crippen LogP contribution is -1.97. The monoisotopic (exact) mass is 205 g/mol. The molecule has 0 amide bonds. The zero-order valence-electron chi connectivity index (χ0n) is 8.30. The lowest BCUT2D eigenvalue weighted by molar-refractivity contribution is 0.321. The maximum Gasteiger partial charge on any atom is 0.163 e. The molecule has 0 saturated carbocycles. The van der Waals surface area contributed by atoms with Crippen molar-refractivity contribution in [3.63, 3.8) is 0 Å². The first kappa shape index (κ1) is 10.9. The van der Waals surface area contributed by atoms with E-state index in [1.807, 2.05) is 0 Å². The highest BCUT2D eigenvalue weighted by Gasteiger charge is 2.04. The van der Waals surface area contributed by atoms with Gasteiger partial charge in [-0.3, -0.25) is 0 Å². The van der Waals surface area contributed by atoms with Crippen LogP contribution >= 0.6 is 0 Å². The van der Waals surface area contributed by atoms with Crippen LogP contribution in [0.25, 0.3) is 0 Å². The molecule has 0 aliphatic heterocycles. The van der Waals surface area contributed by atoms with Gasteiger partial charge in [-0.15, -0.1) is 6.42 Å². The summed E-state index contributed by atoms with van der Waals surface area (Å²) >= 11 is 0. The van der Waals surface area contributed by atoms with Crippen LogP contribution in [0.5, 0.6) is 11.5 Å². The fraction of sp³-hybridized carbons (Fsp3) is 0.182. The van der Waals surface area contributed by atoms with E-state index in [4.69, 9.17) is 21.1 Å². The van der Waals surface area contributed by atoms with Gasteiger partial charge >= 0.3 is 0 Å². The van der Waals surface area contributed by atoms with E-state index >= 15 is 0 Å². The maximum absolute atomic E-state index is 8.38. The van der Waals surface area contributed by atoms with Gasteiger partial charge in [0, 0.05) is 5.56 Å². The zero-order chi connectivity index (χ0) is 11.1. The van der Waals surface area contributed by atoms with Gasteiger partial charge in [0.05, 0.1) is 13.3 Å². The third-order valence-corrected chi connectivity index (χ3v) is 1.71. The molecule has 1 N–H and O–H groups in total. The van der Waals surface area contributed by atoms with Crippen molar-refractivity contribution >= 4 is 6.21 Å². The van der Waals surface area contributed by atoms with Crippen molar-refractivity contribution in [2.45, 2.75) is 0 Å². The first-order valence-corrected chi connectivity index (χ1v) is 4.23. The number of ether oxygens (including phenoxy) is 2. The Bertz CT molecular complexity index is 393. The van der Waals surface area contributed by atoms with Gasteiger partial charge in [-0.1, -0.05) is 11.1 Å². The topological polar surface area (TPSA) is 51.0 Å². The Morgan fingerprint density at radius 1 is 1.53 bits per heavy atom. The van der Waals surface area contributed by atoms with Crippen molar-refractivity contribution in [3.8, 4) is 23.8 Å². The van der Waals surface area contributed by atoms with E-state index in [-0.39, 0.29) is 6.61 Å². The molecule has 4 nitrogen and oxygen atoms in total. The molecule has 78 valence electrons. The second-order valence-corrected chi connectivity index (χ2v) is 2.65. The van der Waals surface area contributed by atoms with Crippen LogP contribution in [0.1, 0.15) is 5.56 Å². The summed E-state index contributed by atoms with van der Waals surface area (Å²) in [6.45, 7) is 0.163. The van der Waals surface area contributed by atoms with E-state index in [9.17, 15) is 0 Å². The molecule has 0 bridgehead atoms. The summed E-state index contributed by atoms with van der Waals surface area (Å²) < 4.78 is 10.3. The molecule has 0 fully saturated rings. The predicted octanol–water partition coefficient (Wildman–Crippen LogP) is 1.52. The van der Waals surface area contributed by atoms with E-state index in [1.165, 1.54) is 13.3 Å². The normalized spacial score (nSPS) is 9.87. The summed E-state index contributed by atoms with van der Waals surface area (Å²) in [4.78, 5) is 0. The maximum atomic E-state index is 8.38.